The van der Waals surface area contributed by atoms with Crippen LogP contribution in [0, 0.1) is 0 Å². The van der Waals surface area contributed by atoms with E-state index >= 15 is 0 Å². The summed E-state index contributed by atoms with van der Waals surface area (Å²) in [6.45, 7) is 7.73. The van der Waals surface area contributed by atoms with Crippen LogP contribution in [0.15, 0.2) is 35.0 Å². The van der Waals surface area contributed by atoms with Crippen molar-refractivity contribution in [2.45, 2.75) is 110 Å². The van der Waals surface area contributed by atoms with Gasteiger partial charge in [0.15, 0.2) is 0 Å². The van der Waals surface area contributed by atoms with Crippen molar-refractivity contribution in [3.63, 3.8) is 0 Å². The summed E-state index contributed by atoms with van der Waals surface area (Å²) >= 11 is 0. The summed E-state index contributed by atoms with van der Waals surface area (Å²) in [4.78, 5) is 4.76. The minimum Gasteiger partial charge on any atom is -0.347 e. The van der Waals surface area contributed by atoms with Gasteiger partial charge in [-0.1, -0.05) is 108 Å². The smallest absolute Gasteiger partial charge is 0.229 e. The van der Waals surface area contributed by atoms with Gasteiger partial charge in [-0.05, 0) is 18.9 Å². The van der Waals surface area contributed by atoms with Crippen molar-refractivity contribution in [2.75, 3.05) is 0 Å². The first-order valence-electron chi connectivity index (χ1n) is 12.7. The lowest BCUT2D eigenvalue weighted by Gasteiger charge is -2.05. The minimum atomic E-state index is 0.316. The van der Waals surface area contributed by atoms with Gasteiger partial charge in [-0.3, -0.25) is 0 Å². The Morgan fingerprint density at radius 2 is 1.55 bits per heavy atom. The summed E-state index contributed by atoms with van der Waals surface area (Å²) in [6.07, 6.45) is 17.9. The van der Waals surface area contributed by atoms with Crippen LogP contribution in [-0.4, -0.2) is 14.7 Å². The zero-order valence-corrected chi connectivity index (χ0v) is 19.9. The molecule has 3 aromatic rings. The van der Waals surface area contributed by atoms with E-state index in [0.717, 1.165) is 30.2 Å². The van der Waals surface area contributed by atoms with Crippen LogP contribution in [0.25, 0.3) is 22.3 Å². The van der Waals surface area contributed by atoms with Gasteiger partial charge >= 0.3 is 0 Å². The second kappa shape index (κ2) is 12.7. The minimum absolute atomic E-state index is 0.316. The lowest BCUT2D eigenvalue weighted by molar-refractivity contribution is 0.351. The Morgan fingerprint density at radius 3 is 2.29 bits per heavy atom. The lowest BCUT2D eigenvalue weighted by atomic mass is 10.0. The molecule has 0 saturated heterocycles. The molecular weight excluding hydrogens is 382 g/mol. The molecule has 0 bridgehead atoms. The fourth-order valence-corrected chi connectivity index (χ4v) is 4.38. The number of nitrogens with zero attached hydrogens (tertiary/aromatic N) is 3. The van der Waals surface area contributed by atoms with Crippen LogP contribution in [0.1, 0.15) is 110 Å². The third kappa shape index (κ3) is 6.69. The summed E-state index contributed by atoms with van der Waals surface area (Å²) in [5.74, 6) is 1.80. The fourth-order valence-electron chi connectivity index (χ4n) is 4.38. The third-order valence-corrected chi connectivity index (χ3v) is 6.39. The molecule has 3 rings (SSSR count). The summed E-state index contributed by atoms with van der Waals surface area (Å²) in [5, 5.41) is 5.55. The van der Waals surface area contributed by atoms with Gasteiger partial charge in [0, 0.05) is 35.1 Å². The number of aromatic nitrogens is 3. The van der Waals surface area contributed by atoms with Crippen molar-refractivity contribution in [2.24, 2.45) is 0 Å². The van der Waals surface area contributed by atoms with Gasteiger partial charge in [-0.15, -0.1) is 0 Å². The van der Waals surface area contributed by atoms with E-state index in [-0.39, 0.29) is 0 Å². The van der Waals surface area contributed by atoms with Crippen molar-refractivity contribution in [3.05, 3.63) is 36.4 Å². The molecule has 0 radical (unpaired) electrons. The van der Waals surface area contributed by atoms with E-state index in [9.17, 15) is 0 Å². The Morgan fingerprint density at radius 1 is 0.871 bits per heavy atom. The summed E-state index contributed by atoms with van der Waals surface area (Å²) in [5.41, 5.74) is 2.35. The van der Waals surface area contributed by atoms with E-state index in [0.29, 0.717) is 5.92 Å². The van der Waals surface area contributed by atoms with E-state index in [2.05, 4.69) is 61.0 Å². The second-order valence-corrected chi connectivity index (χ2v) is 9.08. The number of rotatable bonds is 15. The Bertz CT molecular complexity index is 895. The maximum Gasteiger partial charge on any atom is 0.229 e. The molecule has 1 aromatic carbocycles. The number of hydrogen-bond donors (Lipinski definition) is 0. The molecule has 0 fully saturated rings. The molecule has 2 aromatic heterocycles. The monoisotopic (exact) mass is 423 g/mol. The maximum atomic E-state index is 5.63. The van der Waals surface area contributed by atoms with Crippen molar-refractivity contribution in [1.82, 2.24) is 14.7 Å². The van der Waals surface area contributed by atoms with Gasteiger partial charge in [0.05, 0.1) is 0 Å². The van der Waals surface area contributed by atoms with Crippen molar-refractivity contribution in [1.29, 1.82) is 0 Å². The Kier molecular flexibility index (Phi) is 9.64. The van der Waals surface area contributed by atoms with E-state index in [4.69, 9.17) is 9.51 Å². The number of fused-ring (bicyclic) bond motifs is 1. The van der Waals surface area contributed by atoms with Gasteiger partial charge in [-0.25, -0.2) is 0 Å². The molecule has 0 spiro atoms. The van der Waals surface area contributed by atoms with Crippen LogP contribution in [0.2, 0.25) is 0 Å². The van der Waals surface area contributed by atoms with Crippen LogP contribution in [0.4, 0.5) is 0 Å². The van der Waals surface area contributed by atoms with Crippen LogP contribution < -0.4 is 0 Å². The molecule has 0 N–H and O–H groups in total. The summed E-state index contributed by atoms with van der Waals surface area (Å²) < 4.78 is 8.00. The molecule has 0 saturated carbocycles. The van der Waals surface area contributed by atoms with Crippen LogP contribution in [0.5, 0.6) is 0 Å². The SMILES string of the molecule is CCCCCCCCCCCn1cc(-c2noc([C@@H](C)CCCC)n2)c2ccccc21. The molecule has 170 valence electrons. The highest BCUT2D eigenvalue weighted by atomic mass is 16.5. The molecule has 4 heteroatoms. The Hall–Kier alpha value is -2.10. The zero-order valence-electron chi connectivity index (χ0n) is 19.9. The van der Waals surface area contributed by atoms with Gasteiger partial charge in [0.25, 0.3) is 0 Å². The average molecular weight is 424 g/mol. The average Bonchev–Trinajstić information content (AvgIpc) is 3.42. The van der Waals surface area contributed by atoms with E-state index in [1.807, 2.05) is 0 Å². The summed E-state index contributed by atoms with van der Waals surface area (Å²) in [6, 6.07) is 8.60. The first-order valence-corrected chi connectivity index (χ1v) is 12.7. The van der Waals surface area contributed by atoms with Crippen LogP contribution in [0.3, 0.4) is 0 Å². The molecule has 0 unspecified atom stereocenters. The second-order valence-electron chi connectivity index (χ2n) is 9.08. The van der Waals surface area contributed by atoms with Crippen molar-refractivity contribution < 1.29 is 4.52 Å². The normalized spacial score (nSPS) is 12.6. The first-order chi connectivity index (χ1) is 15.2. The number of hydrogen-bond acceptors (Lipinski definition) is 3. The number of unbranched alkanes of at least 4 members (excludes halogenated alkanes) is 9. The van der Waals surface area contributed by atoms with E-state index in [1.54, 1.807) is 0 Å². The fraction of sp³-hybridized carbons (Fsp3) is 0.630. The largest absolute Gasteiger partial charge is 0.347 e. The van der Waals surface area contributed by atoms with Gasteiger partial charge in [0.1, 0.15) is 0 Å². The quantitative estimate of drug-likeness (QED) is 0.230. The van der Waals surface area contributed by atoms with Gasteiger partial charge < -0.3 is 9.09 Å². The lowest BCUT2D eigenvalue weighted by Crippen LogP contribution is -1.96. The van der Waals surface area contributed by atoms with E-state index < -0.39 is 0 Å². The molecule has 31 heavy (non-hydrogen) atoms. The highest BCUT2D eigenvalue weighted by Gasteiger charge is 2.18. The van der Waals surface area contributed by atoms with E-state index in [1.165, 1.54) is 81.5 Å². The van der Waals surface area contributed by atoms with Crippen molar-refractivity contribution >= 4 is 10.9 Å². The number of aryl methyl sites for hydroxylation is 1. The molecule has 2 heterocycles. The maximum absolute atomic E-state index is 5.63. The standard InChI is InChI=1S/C27H41N3O/c1-4-6-8-9-10-11-12-13-16-20-30-21-24(23-18-14-15-19-25(23)30)26-28-27(31-29-26)22(3)17-7-5-2/h14-15,18-19,21-22H,4-13,16-17,20H2,1-3H3/t22-/m0/s1. The molecule has 0 amide bonds. The Balaban J connectivity index is 1.59. The third-order valence-electron chi connectivity index (χ3n) is 6.39. The zero-order chi connectivity index (χ0) is 21.9. The molecule has 0 aliphatic carbocycles. The molecular formula is C27H41N3O. The van der Waals surface area contributed by atoms with Crippen LogP contribution in [-0.2, 0) is 6.54 Å². The Labute approximate surface area is 188 Å². The van der Waals surface area contributed by atoms with Crippen molar-refractivity contribution in [3.8, 4) is 11.4 Å². The predicted octanol–water partition coefficient (Wildman–Crippen LogP) is 8.52. The number of benzene rings is 1. The van der Waals surface area contributed by atoms with Gasteiger partial charge in [0.2, 0.25) is 11.7 Å². The first kappa shape index (κ1) is 23.6. The van der Waals surface area contributed by atoms with Gasteiger partial charge in [-0.2, -0.15) is 4.98 Å². The molecule has 4 nitrogen and oxygen atoms in total. The summed E-state index contributed by atoms with van der Waals surface area (Å²) in [7, 11) is 0. The van der Waals surface area contributed by atoms with Crippen LogP contribution >= 0.6 is 0 Å². The number of para-hydroxylation sites is 1. The molecule has 1 atom stereocenters. The predicted molar refractivity (Wildman–Crippen MR) is 130 cm³/mol. The molecule has 0 aliphatic rings. The molecule has 0 aliphatic heterocycles. The topological polar surface area (TPSA) is 43.9 Å². The highest BCUT2D eigenvalue weighted by molar-refractivity contribution is 5.94. The highest BCUT2D eigenvalue weighted by Crippen LogP contribution is 2.31.